The number of carboxylic acid groups (broad SMARTS) is 1. The van der Waals surface area contributed by atoms with Gasteiger partial charge in [-0.2, -0.15) is 0 Å². The lowest BCUT2D eigenvalue weighted by molar-refractivity contribution is -0.139. The topological polar surface area (TPSA) is 66.8 Å². The van der Waals surface area contributed by atoms with Gasteiger partial charge in [0.2, 0.25) is 0 Å². The molecular formula is C12H16O4. The maximum Gasteiger partial charge on any atom is 0.306 e. The fourth-order valence-electron chi connectivity index (χ4n) is 1.26. The number of ether oxygens (including phenoxy) is 1. The number of aliphatic hydroxyl groups is 1. The van der Waals surface area contributed by atoms with Crippen LogP contribution in [0.5, 0.6) is 5.75 Å². The third-order valence-corrected chi connectivity index (χ3v) is 2.33. The normalized spacial score (nSPS) is 12.2. The first-order valence-corrected chi connectivity index (χ1v) is 5.09. The third-order valence-electron chi connectivity index (χ3n) is 2.33. The Hall–Kier alpha value is -1.55. The summed E-state index contributed by atoms with van der Waals surface area (Å²) in [5.74, 6) is -0.385. The Morgan fingerprint density at radius 2 is 2.06 bits per heavy atom. The highest BCUT2D eigenvalue weighted by Crippen LogP contribution is 2.16. The lowest BCUT2D eigenvalue weighted by atomic mass is 10.1. The van der Waals surface area contributed by atoms with E-state index in [1.807, 2.05) is 26.0 Å². The Bertz CT molecular complexity index is 373. The van der Waals surface area contributed by atoms with Crippen molar-refractivity contribution < 1.29 is 19.7 Å². The smallest absolute Gasteiger partial charge is 0.306 e. The summed E-state index contributed by atoms with van der Waals surface area (Å²) >= 11 is 0. The van der Waals surface area contributed by atoms with E-state index in [1.165, 1.54) is 5.56 Å². The number of rotatable bonds is 5. The van der Waals surface area contributed by atoms with Crippen molar-refractivity contribution in [3.8, 4) is 5.75 Å². The Morgan fingerprint density at radius 3 is 2.62 bits per heavy atom. The van der Waals surface area contributed by atoms with E-state index in [4.69, 9.17) is 9.84 Å². The van der Waals surface area contributed by atoms with E-state index in [2.05, 4.69) is 0 Å². The summed E-state index contributed by atoms with van der Waals surface area (Å²) in [6, 6.07) is 5.59. The monoisotopic (exact) mass is 224 g/mol. The Labute approximate surface area is 94.5 Å². The van der Waals surface area contributed by atoms with Crippen molar-refractivity contribution >= 4 is 5.97 Å². The summed E-state index contributed by atoms with van der Waals surface area (Å²) in [5.41, 5.74) is 2.27. The minimum atomic E-state index is -1.03. The molecule has 1 rings (SSSR count). The second-order valence-electron chi connectivity index (χ2n) is 3.81. The van der Waals surface area contributed by atoms with Crippen LogP contribution in [-0.4, -0.2) is 28.9 Å². The van der Waals surface area contributed by atoms with Gasteiger partial charge in [-0.05, 0) is 37.1 Å². The summed E-state index contributed by atoms with van der Waals surface area (Å²) in [6.45, 7) is 3.96. The van der Waals surface area contributed by atoms with Gasteiger partial charge >= 0.3 is 5.97 Å². The summed E-state index contributed by atoms with van der Waals surface area (Å²) in [4.78, 5) is 10.3. The van der Waals surface area contributed by atoms with Crippen LogP contribution in [0.2, 0.25) is 0 Å². The van der Waals surface area contributed by atoms with Crippen LogP contribution in [0.15, 0.2) is 18.2 Å². The molecule has 0 bridgehead atoms. The Morgan fingerprint density at radius 1 is 1.38 bits per heavy atom. The Kier molecular flexibility index (Phi) is 4.31. The van der Waals surface area contributed by atoms with E-state index >= 15 is 0 Å². The van der Waals surface area contributed by atoms with Gasteiger partial charge in [-0.25, -0.2) is 0 Å². The average molecular weight is 224 g/mol. The summed E-state index contributed by atoms with van der Waals surface area (Å²) in [5, 5.41) is 17.7. The molecule has 1 aromatic rings. The molecule has 0 radical (unpaired) electrons. The van der Waals surface area contributed by atoms with Gasteiger partial charge in [0.05, 0.1) is 12.5 Å². The molecule has 0 saturated heterocycles. The zero-order valence-electron chi connectivity index (χ0n) is 9.43. The van der Waals surface area contributed by atoms with Crippen LogP contribution >= 0.6 is 0 Å². The molecule has 1 atom stereocenters. The fraction of sp³-hybridized carbons (Fsp3) is 0.417. The molecule has 0 saturated carbocycles. The van der Waals surface area contributed by atoms with Crippen LogP contribution in [-0.2, 0) is 4.79 Å². The summed E-state index contributed by atoms with van der Waals surface area (Å²) in [6.07, 6.45) is -1.27. The SMILES string of the molecule is Cc1ccc(OCC(O)CC(=O)O)cc1C. The van der Waals surface area contributed by atoms with Crippen LogP contribution in [0.1, 0.15) is 17.5 Å². The van der Waals surface area contributed by atoms with Crippen molar-refractivity contribution in [2.75, 3.05) is 6.61 Å². The molecule has 1 aromatic carbocycles. The molecule has 16 heavy (non-hydrogen) atoms. The van der Waals surface area contributed by atoms with Gasteiger partial charge in [-0.3, -0.25) is 4.79 Å². The molecule has 88 valence electrons. The van der Waals surface area contributed by atoms with Crippen LogP contribution in [0.3, 0.4) is 0 Å². The predicted molar refractivity (Wildman–Crippen MR) is 59.7 cm³/mol. The number of aliphatic hydroxyl groups excluding tert-OH is 1. The summed E-state index contributed by atoms with van der Waals surface area (Å²) in [7, 11) is 0. The van der Waals surface area contributed by atoms with E-state index in [0.29, 0.717) is 5.75 Å². The molecule has 0 aliphatic rings. The van der Waals surface area contributed by atoms with Crippen molar-refractivity contribution in [3.63, 3.8) is 0 Å². The molecule has 0 spiro atoms. The zero-order chi connectivity index (χ0) is 12.1. The molecule has 0 fully saturated rings. The minimum absolute atomic E-state index is 0.00516. The Balaban J connectivity index is 2.48. The second-order valence-corrected chi connectivity index (χ2v) is 3.81. The number of benzene rings is 1. The highest BCUT2D eigenvalue weighted by atomic mass is 16.5. The maximum absolute atomic E-state index is 10.3. The zero-order valence-corrected chi connectivity index (χ0v) is 9.43. The largest absolute Gasteiger partial charge is 0.491 e. The first-order chi connectivity index (χ1) is 7.49. The van der Waals surface area contributed by atoms with Crippen molar-refractivity contribution in [2.45, 2.75) is 26.4 Å². The molecule has 1 unspecified atom stereocenters. The molecule has 0 amide bonds. The maximum atomic E-state index is 10.3. The van der Waals surface area contributed by atoms with Crippen LogP contribution in [0, 0.1) is 13.8 Å². The van der Waals surface area contributed by atoms with Crippen LogP contribution in [0.25, 0.3) is 0 Å². The van der Waals surface area contributed by atoms with Crippen LogP contribution < -0.4 is 4.74 Å². The van der Waals surface area contributed by atoms with Crippen molar-refractivity contribution in [2.24, 2.45) is 0 Å². The first-order valence-electron chi connectivity index (χ1n) is 5.09. The van der Waals surface area contributed by atoms with E-state index in [1.54, 1.807) is 6.07 Å². The molecule has 4 heteroatoms. The van der Waals surface area contributed by atoms with Crippen molar-refractivity contribution in [1.29, 1.82) is 0 Å². The highest BCUT2D eigenvalue weighted by molar-refractivity contribution is 5.67. The van der Waals surface area contributed by atoms with E-state index in [-0.39, 0.29) is 13.0 Å². The number of carbonyl (C=O) groups is 1. The molecule has 2 N–H and O–H groups in total. The van der Waals surface area contributed by atoms with Crippen molar-refractivity contribution in [1.82, 2.24) is 0 Å². The molecule has 0 aliphatic carbocycles. The number of carboxylic acids is 1. The lowest BCUT2D eigenvalue weighted by Gasteiger charge is -2.11. The fourth-order valence-corrected chi connectivity index (χ4v) is 1.26. The van der Waals surface area contributed by atoms with E-state index < -0.39 is 12.1 Å². The molecule has 0 aliphatic heterocycles. The van der Waals surface area contributed by atoms with Gasteiger partial charge in [0.1, 0.15) is 12.4 Å². The van der Waals surface area contributed by atoms with Gasteiger partial charge in [0, 0.05) is 0 Å². The standard InChI is InChI=1S/C12H16O4/c1-8-3-4-11(5-9(8)2)16-7-10(13)6-12(14)15/h3-5,10,13H,6-7H2,1-2H3,(H,14,15). The number of aliphatic carboxylic acids is 1. The van der Waals surface area contributed by atoms with E-state index in [0.717, 1.165) is 5.56 Å². The van der Waals surface area contributed by atoms with Gasteiger partial charge in [0.15, 0.2) is 0 Å². The predicted octanol–water partition coefficient (Wildman–Crippen LogP) is 1.52. The van der Waals surface area contributed by atoms with Crippen LogP contribution in [0.4, 0.5) is 0 Å². The number of hydrogen-bond donors (Lipinski definition) is 2. The quantitative estimate of drug-likeness (QED) is 0.795. The molecule has 0 aromatic heterocycles. The first kappa shape index (κ1) is 12.5. The minimum Gasteiger partial charge on any atom is -0.491 e. The average Bonchev–Trinajstić information content (AvgIpc) is 2.19. The lowest BCUT2D eigenvalue weighted by Crippen LogP contribution is -2.21. The molecule has 4 nitrogen and oxygen atoms in total. The van der Waals surface area contributed by atoms with Gasteiger partial charge in [0.25, 0.3) is 0 Å². The highest BCUT2D eigenvalue weighted by Gasteiger charge is 2.10. The van der Waals surface area contributed by atoms with Gasteiger partial charge < -0.3 is 14.9 Å². The molecule has 0 heterocycles. The van der Waals surface area contributed by atoms with Crippen molar-refractivity contribution in [3.05, 3.63) is 29.3 Å². The second kappa shape index (κ2) is 5.51. The summed E-state index contributed by atoms with van der Waals surface area (Å²) < 4.78 is 5.29. The van der Waals surface area contributed by atoms with Gasteiger partial charge in [-0.15, -0.1) is 0 Å². The molecular weight excluding hydrogens is 208 g/mol. The number of hydrogen-bond acceptors (Lipinski definition) is 3. The van der Waals surface area contributed by atoms with Gasteiger partial charge in [-0.1, -0.05) is 6.07 Å². The number of aryl methyl sites for hydroxylation is 2. The van der Waals surface area contributed by atoms with E-state index in [9.17, 15) is 9.90 Å². The third kappa shape index (κ3) is 3.90.